The summed E-state index contributed by atoms with van der Waals surface area (Å²) in [5.74, 6) is 4.11. The van der Waals surface area contributed by atoms with Gasteiger partial charge in [0, 0.05) is 11.5 Å². The molecule has 0 fully saturated rings. The number of hydrogen-bond donors (Lipinski definition) is 1. The maximum Gasteiger partial charge on any atom is 0.325 e. The first kappa shape index (κ1) is 12.8. The third kappa shape index (κ3) is 5.38. The average molecular weight is 231 g/mol. The zero-order valence-electron chi connectivity index (χ0n) is 9.53. The van der Waals surface area contributed by atoms with E-state index in [1.807, 2.05) is 18.2 Å². The molecule has 4 nitrogen and oxygen atoms in total. The van der Waals surface area contributed by atoms with Crippen molar-refractivity contribution < 1.29 is 14.3 Å². The Balaban J connectivity index is 2.40. The van der Waals surface area contributed by atoms with Gasteiger partial charge in [-0.2, -0.15) is 0 Å². The lowest BCUT2D eigenvalue weighted by molar-refractivity contribution is -0.143. The van der Waals surface area contributed by atoms with E-state index in [9.17, 15) is 9.59 Å². The third-order valence-electron chi connectivity index (χ3n) is 1.79. The van der Waals surface area contributed by atoms with Gasteiger partial charge in [-0.05, 0) is 19.1 Å². The molecule has 0 aliphatic rings. The van der Waals surface area contributed by atoms with Crippen LogP contribution in [-0.4, -0.2) is 25.0 Å². The van der Waals surface area contributed by atoms with Gasteiger partial charge in [0.15, 0.2) is 0 Å². The van der Waals surface area contributed by atoms with Gasteiger partial charge in [0.05, 0.1) is 6.61 Å². The van der Waals surface area contributed by atoms with Gasteiger partial charge < -0.3 is 10.1 Å². The van der Waals surface area contributed by atoms with E-state index in [1.165, 1.54) is 0 Å². The molecule has 4 heteroatoms. The maximum absolute atomic E-state index is 11.2. The molecule has 88 valence electrons. The second kappa shape index (κ2) is 7.07. The Bertz CT molecular complexity index is 443. The van der Waals surface area contributed by atoms with E-state index < -0.39 is 11.9 Å². The summed E-state index contributed by atoms with van der Waals surface area (Å²) in [4.78, 5) is 22.2. The lowest BCUT2D eigenvalue weighted by Gasteiger charge is -2.00. The zero-order valence-corrected chi connectivity index (χ0v) is 9.53. The smallest absolute Gasteiger partial charge is 0.325 e. The van der Waals surface area contributed by atoms with Crippen molar-refractivity contribution in [1.29, 1.82) is 0 Å². The van der Waals surface area contributed by atoms with Crippen LogP contribution < -0.4 is 5.32 Å². The Morgan fingerprint density at radius 2 is 2.00 bits per heavy atom. The number of carbonyl (C=O) groups is 2. The fourth-order valence-electron chi connectivity index (χ4n) is 1.06. The van der Waals surface area contributed by atoms with E-state index in [4.69, 9.17) is 0 Å². The molecule has 0 unspecified atom stereocenters. The van der Waals surface area contributed by atoms with Crippen LogP contribution in [0.5, 0.6) is 0 Å². The van der Waals surface area contributed by atoms with Crippen LogP contribution >= 0.6 is 0 Å². The van der Waals surface area contributed by atoms with Crippen LogP contribution in [0.3, 0.4) is 0 Å². The molecule has 1 N–H and O–H groups in total. The molecule has 0 saturated carbocycles. The summed E-state index contributed by atoms with van der Waals surface area (Å²) in [6.07, 6.45) is 0. The molecule has 0 spiro atoms. The van der Waals surface area contributed by atoms with Crippen LogP contribution in [0.1, 0.15) is 12.5 Å². The first-order chi connectivity index (χ1) is 8.22. The van der Waals surface area contributed by atoms with Gasteiger partial charge in [-0.1, -0.05) is 24.1 Å². The molecule has 1 aromatic rings. The molecule has 1 rings (SSSR count). The Labute approximate surface area is 100.0 Å². The van der Waals surface area contributed by atoms with E-state index in [2.05, 4.69) is 21.9 Å². The number of nitrogens with one attached hydrogen (secondary N) is 1. The van der Waals surface area contributed by atoms with Gasteiger partial charge in [-0.15, -0.1) is 0 Å². The minimum atomic E-state index is -0.498. The number of amides is 1. The minimum Gasteiger partial charge on any atom is -0.465 e. The Morgan fingerprint density at radius 1 is 1.29 bits per heavy atom. The summed E-state index contributed by atoms with van der Waals surface area (Å²) in [5.41, 5.74) is 0.749. The van der Waals surface area contributed by atoms with Gasteiger partial charge in [0.25, 0.3) is 5.91 Å². The van der Waals surface area contributed by atoms with Crippen molar-refractivity contribution in [3.63, 3.8) is 0 Å². The second-order valence-corrected chi connectivity index (χ2v) is 3.10. The molecule has 17 heavy (non-hydrogen) atoms. The number of rotatable bonds is 3. The summed E-state index contributed by atoms with van der Waals surface area (Å²) < 4.78 is 4.65. The maximum atomic E-state index is 11.2. The van der Waals surface area contributed by atoms with E-state index in [0.29, 0.717) is 6.61 Å². The number of carbonyl (C=O) groups excluding carboxylic acids is 2. The van der Waals surface area contributed by atoms with Gasteiger partial charge in [0.1, 0.15) is 6.54 Å². The van der Waals surface area contributed by atoms with Crippen molar-refractivity contribution >= 4 is 11.9 Å². The number of esters is 1. The Kier molecular flexibility index (Phi) is 5.32. The molecule has 0 aromatic heterocycles. The Hall–Kier alpha value is -2.28. The van der Waals surface area contributed by atoms with Gasteiger partial charge in [-0.25, -0.2) is 0 Å². The average Bonchev–Trinajstić information content (AvgIpc) is 2.35. The van der Waals surface area contributed by atoms with E-state index in [0.717, 1.165) is 5.56 Å². The fraction of sp³-hybridized carbons (Fsp3) is 0.231. The highest BCUT2D eigenvalue weighted by Gasteiger charge is 2.02. The van der Waals surface area contributed by atoms with Gasteiger partial charge in [0.2, 0.25) is 0 Å². The molecule has 0 atom stereocenters. The van der Waals surface area contributed by atoms with Crippen LogP contribution in [0.2, 0.25) is 0 Å². The van der Waals surface area contributed by atoms with Crippen molar-refractivity contribution in [1.82, 2.24) is 5.32 Å². The molecule has 1 amide bonds. The minimum absolute atomic E-state index is 0.157. The first-order valence-electron chi connectivity index (χ1n) is 5.23. The lowest BCUT2D eigenvalue weighted by Crippen LogP contribution is -2.29. The molecule has 1 aromatic carbocycles. The second-order valence-electron chi connectivity index (χ2n) is 3.10. The normalized spacial score (nSPS) is 8.76. The number of hydrogen-bond acceptors (Lipinski definition) is 3. The van der Waals surface area contributed by atoms with Crippen LogP contribution in [0.15, 0.2) is 30.3 Å². The molecule has 0 aliphatic carbocycles. The van der Waals surface area contributed by atoms with E-state index in [1.54, 1.807) is 19.1 Å². The lowest BCUT2D eigenvalue weighted by atomic mass is 10.2. The predicted molar refractivity (Wildman–Crippen MR) is 63.0 cm³/mol. The zero-order chi connectivity index (χ0) is 12.5. The molecule has 0 heterocycles. The number of benzene rings is 1. The molecule has 0 radical (unpaired) electrons. The van der Waals surface area contributed by atoms with Gasteiger partial charge >= 0.3 is 5.97 Å². The monoisotopic (exact) mass is 231 g/mol. The molecule has 0 saturated heterocycles. The van der Waals surface area contributed by atoms with Crippen molar-refractivity contribution in [3.05, 3.63) is 35.9 Å². The first-order valence-corrected chi connectivity index (χ1v) is 5.23. The standard InChI is InChI=1S/C13H13NO3/c1-2-17-13(16)10-14-12(15)9-8-11-6-4-3-5-7-11/h3-7H,2,10H2,1H3,(H,14,15). The van der Waals surface area contributed by atoms with Crippen LogP contribution in [-0.2, 0) is 14.3 Å². The predicted octanol–water partition coefficient (Wildman–Crippen LogP) is 0.717. The van der Waals surface area contributed by atoms with Crippen molar-refractivity contribution in [2.75, 3.05) is 13.2 Å². The summed E-state index contributed by atoms with van der Waals surface area (Å²) in [6, 6.07) is 9.13. The highest BCUT2D eigenvalue weighted by Crippen LogP contribution is 1.94. The summed E-state index contributed by atoms with van der Waals surface area (Å²) >= 11 is 0. The van der Waals surface area contributed by atoms with Crippen molar-refractivity contribution in [3.8, 4) is 11.8 Å². The van der Waals surface area contributed by atoms with E-state index in [-0.39, 0.29) is 6.54 Å². The van der Waals surface area contributed by atoms with Crippen molar-refractivity contribution in [2.45, 2.75) is 6.92 Å². The summed E-state index contributed by atoms with van der Waals surface area (Å²) in [7, 11) is 0. The van der Waals surface area contributed by atoms with Gasteiger partial charge in [-0.3, -0.25) is 9.59 Å². The molecular formula is C13H13NO3. The highest BCUT2D eigenvalue weighted by atomic mass is 16.5. The largest absolute Gasteiger partial charge is 0.465 e. The molecular weight excluding hydrogens is 218 g/mol. The number of ether oxygens (including phenoxy) is 1. The SMILES string of the molecule is CCOC(=O)CNC(=O)C#Cc1ccccc1. The third-order valence-corrected chi connectivity index (χ3v) is 1.79. The summed E-state index contributed by atoms with van der Waals surface area (Å²) in [5, 5.41) is 2.35. The van der Waals surface area contributed by atoms with Crippen LogP contribution in [0, 0.1) is 11.8 Å². The quantitative estimate of drug-likeness (QED) is 0.616. The Morgan fingerprint density at radius 3 is 2.65 bits per heavy atom. The van der Waals surface area contributed by atoms with Crippen LogP contribution in [0.25, 0.3) is 0 Å². The highest BCUT2D eigenvalue weighted by molar-refractivity contribution is 5.95. The van der Waals surface area contributed by atoms with Crippen LogP contribution in [0.4, 0.5) is 0 Å². The van der Waals surface area contributed by atoms with E-state index >= 15 is 0 Å². The van der Waals surface area contributed by atoms with Crippen molar-refractivity contribution in [2.24, 2.45) is 0 Å². The fourth-order valence-corrected chi connectivity index (χ4v) is 1.06. The molecule has 0 bridgehead atoms. The summed E-state index contributed by atoms with van der Waals surface area (Å²) in [6.45, 7) is 1.84. The molecule has 0 aliphatic heterocycles. The topological polar surface area (TPSA) is 55.4 Å².